The van der Waals surface area contributed by atoms with E-state index in [-0.39, 0.29) is 12.5 Å². The van der Waals surface area contributed by atoms with Gasteiger partial charge in [-0.05, 0) is 24.8 Å². The van der Waals surface area contributed by atoms with Crippen LogP contribution < -0.4 is 5.32 Å². The fourth-order valence-corrected chi connectivity index (χ4v) is 1.89. The molecular weight excluding hydrogens is 242 g/mol. The lowest BCUT2D eigenvalue weighted by Crippen LogP contribution is -2.39. The van der Waals surface area contributed by atoms with Crippen LogP contribution in [0.4, 0.5) is 0 Å². The Kier molecular flexibility index (Phi) is 5.55. The van der Waals surface area contributed by atoms with E-state index in [1.807, 2.05) is 32.0 Å². The number of nitrogens with one attached hydrogen (secondary N) is 1. The highest BCUT2D eigenvalue weighted by Crippen LogP contribution is 2.23. The Morgan fingerprint density at radius 3 is 2.42 bits per heavy atom. The summed E-state index contributed by atoms with van der Waals surface area (Å²) in [4.78, 5) is 22.3. The molecule has 4 heteroatoms. The predicted molar refractivity (Wildman–Crippen MR) is 73.8 cm³/mol. The molecule has 0 bridgehead atoms. The van der Waals surface area contributed by atoms with Crippen molar-refractivity contribution < 1.29 is 14.7 Å². The number of aryl methyl sites for hydroxylation is 1. The topological polar surface area (TPSA) is 66.4 Å². The third-order valence-electron chi connectivity index (χ3n) is 3.12. The van der Waals surface area contributed by atoms with Crippen LogP contribution in [0.1, 0.15) is 32.3 Å². The van der Waals surface area contributed by atoms with E-state index in [0.29, 0.717) is 0 Å². The van der Waals surface area contributed by atoms with Crippen LogP contribution in [0.15, 0.2) is 30.3 Å². The van der Waals surface area contributed by atoms with Gasteiger partial charge in [0.25, 0.3) is 0 Å². The highest BCUT2D eigenvalue weighted by Gasteiger charge is 2.27. The summed E-state index contributed by atoms with van der Waals surface area (Å²) in [7, 11) is 0. The third-order valence-corrected chi connectivity index (χ3v) is 3.12. The lowest BCUT2D eigenvalue weighted by molar-refractivity contribution is -0.139. The van der Waals surface area contributed by atoms with E-state index in [1.165, 1.54) is 5.56 Å². The van der Waals surface area contributed by atoms with Crippen molar-refractivity contribution in [3.05, 3.63) is 35.9 Å². The van der Waals surface area contributed by atoms with E-state index < -0.39 is 11.4 Å². The molecule has 0 atom stereocenters. The van der Waals surface area contributed by atoms with E-state index in [4.69, 9.17) is 5.11 Å². The van der Waals surface area contributed by atoms with Gasteiger partial charge in [-0.3, -0.25) is 9.59 Å². The molecule has 1 aromatic carbocycles. The number of aliphatic carboxylic acids is 1. The van der Waals surface area contributed by atoms with Gasteiger partial charge < -0.3 is 10.4 Å². The van der Waals surface area contributed by atoms with Crippen LogP contribution in [0.3, 0.4) is 0 Å². The average Bonchev–Trinajstić information content (AvgIpc) is 2.36. The van der Waals surface area contributed by atoms with E-state index in [1.54, 1.807) is 0 Å². The predicted octanol–water partition coefficient (Wildman–Crippen LogP) is 2.24. The molecule has 4 nitrogen and oxygen atoms in total. The second kappa shape index (κ2) is 6.92. The van der Waals surface area contributed by atoms with Gasteiger partial charge in [-0.1, -0.05) is 44.2 Å². The normalized spacial score (nSPS) is 11.1. The van der Waals surface area contributed by atoms with E-state index in [2.05, 4.69) is 17.4 Å². The zero-order valence-electron chi connectivity index (χ0n) is 11.5. The zero-order chi connectivity index (χ0) is 14.3. The molecule has 0 unspecified atom stereocenters. The summed E-state index contributed by atoms with van der Waals surface area (Å²) in [5.41, 5.74) is 0.716. The van der Waals surface area contributed by atoms with Gasteiger partial charge in [0.2, 0.25) is 5.91 Å². The van der Waals surface area contributed by atoms with Crippen LogP contribution in [0.25, 0.3) is 0 Å². The highest BCUT2D eigenvalue weighted by molar-refractivity contribution is 5.85. The number of rotatable bonds is 7. The molecule has 0 aromatic heterocycles. The van der Waals surface area contributed by atoms with Crippen molar-refractivity contribution in [3.63, 3.8) is 0 Å². The average molecular weight is 263 g/mol. The van der Waals surface area contributed by atoms with Crippen molar-refractivity contribution in [1.29, 1.82) is 0 Å². The van der Waals surface area contributed by atoms with E-state index >= 15 is 0 Å². The molecule has 0 radical (unpaired) electrons. The number of carbonyl (C=O) groups excluding carboxylic acids is 1. The van der Waals surface area contributed by atoms with Gasteiger partial charge in [0.1, 0.15) is 6.54 Å². The van der Waals surface area contributed by atoms with Gasteiger partial charge >= 0.3 is 5.97 Å². The number of carboxylic acids is 1. The standard InChI is InChI=1S/C15H21NO3/c1-15(2,14(19)16-11-13(17)18)10-6-9-12-7-4-3-5-8-12/h3-5,7-8H,6,9-11H2,1-2H3,(H,16,19)(H,17,18). The SMILES string of the molecule is CC(C)(CCCc1ccccc1)C(=O)NCC(=O)O. The maximum absolute atomic E-state index is 11.8. The molecule has 0 aliphatic heterocycles. The number of amides is 1. The first kappa shape index (κ1) is 15.2. The van der Waals surface area contributed by atoms with E-state index in [9.17, 15) is 9.59 Å². The maximum atomic E-state index is 11.8. The van der Waals surface area contributed by atoms with Crippen molar-refractivity contribution in [3.8, 4) is 0 Å². The molecular formula is C15H21NO3. The Hall–Kier alpha value is -1.84. The second-order valence-electron chi connectivity index (χ2n) is 5.30. The molecule has 1 rings (SSSR count). The van der Waals surface area contributed by atoms with Gasteiger partial charge in [0, 0.05) is 5.41 Å². The van der Waals surface area contributed by atoms with Crippen LogP contribution in [0.2, 0.25) is 0 Å². The molecule has 1 amide bonds. The molecule has 0 saturated heterocycles. The molecule has 1 aromatic rings. The van der Waals surface area contributed by atoms with Gasteiger partial charge in [0.15, 0.2) is 0 Å². The van der Waals surface area contributed by atoms with Crippen LogP contribution >= 0.6 is 0 Å². The number of carbonyl (C=O) groups is 2. The van der Waals surface area contributed by atoms with Gasteiger partial charge in [0.05, 0.1) is 0 Å². The van der Waals surface area contributed by atoms with Crippen molar-refractivity contribution in [2.24, 2.45) is 5.41 Å². The Balaban J connectivity index is 2.37. The Bertz CT molecular complexity index is 426. The molecule has 0 heterocycles. The quantitative estimate of drug-likeness (QED) is 0.792. The smallest absolute Gasteiger partial charge is 0.322 e. The minimum Gasteiger partial charge on any atom is -0.480 e. The Morgan fingerprint density at radius 1 is 1.21 bits per heavy atom. The van der Waals surface area contributed by atoms with Crippen LogP contribution in [-0.4, -0.2) is 23.5 Å². The number of carboxylic acid groups (broad SMARTS) is 1. The van der Waals surface area contributed by atoms with Crippen molar-refractivity contribution in [2.75, 3.05) is 6.54 Å². The molecule has 0 spiro atoms. The first-order valence-electron chi connectivity index (χ1n) is 6.46. The fourth-order valence-electron chi connectivity index (χ4n) is 1.89. The summed E-state index contributed by atoms with van der Waals surface area (Å²) in [6, 6.07) is 10.1. The Morgan fingerprint density at radius 2 is 1.84 bits per heavy atom. The lowest BCUT2D eigenvalue weighted by Gasteiger charge is -2.23. The van der Waals surface area contributed by atoms with Crippen molar-refractivity contribution in [1.82, 2.24) is 5.32 Å². The lowest BCUT2D eigenvalue weighted by atomic mass is 9.85. The van der Waals surface area contributed by atoms with Crippen LogP contribution in [0, 0.1) is 5.41 Å². The van der Waals surface area contributed by atoms with Gasteiger partial charge in [-0.25, -0.2) is 0 Å². The van der Waals surface area contributed by atoms with Gasteiger partial charge in [-0.15, -0.1) is 0 Å². The zero-order valence-corrected chi connectivity index (χ0v) is 11.5. The van der Waals surface area contributed by atoms with Crippen LogP contribution in [-0.2, 0) is 16.0 Å². The minimum absolute atomic E-state index is 0.206. The van der Waals surface area contributed by atoms with Crippen molar-refractivity contribution >= 4 is 11.9 Å². The van der Waals surface area contributed by atoms with E-state index in [0.717, 1.165) is 19.3 Å². The number of hydrogen-bond donors (Lipinski definition) is 2. The Labute approximate surface area is 113 Å². The summed E-state index contributed by atoms with van der Waals surface area (Å²) < 4.78 is 0. The summed E-state index contributed by atoms with van der Waals surface area (Å²) in [5, 5.41) is 11.0. The molecule has 19 heavy (non-hydrogen) atoms. The minimum atomic E-state index is -1.02. The number of benzene rings is 1. The maximum Gasteiger partial charge on any atom is 0.322 e. The second-order valence-corrected chi connectivity index (χ2v) is 5.30. The monoisotopic (exact) mass is 263 g/mol. The third kappa shape index (κ3) is 5.55. The molecule has 0 aliphatic carbocycles. The fraction of sp³-hybridized carbons (Fsp3) is 0.467. The molecule has 104 valence electrons. The van der Waals surface area contributed by atoms with Crippen molar-refractivity contribution in [2.45, 2.75) is 33.1 Å². The largest absolute Gasteiger partial charge is 0.480 e. The summed E-state index contributed by atoms with van der Waals surface area (Å²) >= 11 is 0. The summed E-state index contributed by atoms with van der Waals surface area (Å²) in [6.07, 6.45) is 2.56. The van der Waals surface area contributed by atoms with Gasteiger partial charge in [-0.2, -0.15) is 0 Å². The molecule has 0 fully saturated rings. The molecule has 2 N–H and O–H groups in total. The summed E-state index contributed by atoms with van der Waals surface area (Å²) in [5.74, 6) is -1.23. The number of hydrogen-bond acceptors (Lipinski definition) is 2. The highest BCUT2D eigenvalue weighted by atomic mass is 16.4. The molecule has 0 saturated carbocycles. The first-order chi connectivity index (χ1) is 8.92. The van der Waals surface area contributed by atoms with Crippen LogP contribution in [0.5, 0.6) is 0 Å². The summed E-state index contributed by atoms with van der Waals surface area (Å²) in [6.45, 7) is 3.37. The molecule has 0 aliphatic rings. The first-order valence-corrected chi connectivity index (χ1v) is 6.46.